The van der Waals surface area contributed by atoms with Gasteiger partial charge in [-0.15, -0.1) is 0 Å². The van der Waals surface area contributed by atoms with Crippen LogP contribution in [-0.2, 0) is 0 Å². The maximum absolute atomic E-state index is 6.25. The predicted octanol–water partition coefficient (Wildman–Crippen LogP) is -2.75. The quantitative estimate of drug-likeness (QED) is 0.158. The van der Waals surface area contributed by atoms with E-state index in [1.807, 2.05) is 4.93 Å². The van der Waals surface area contributed by atoms with Gasteiger partial charge in [-0.2, -0.15) is 0 Å². The summed E-state index contributed by atoms with van der Waals surface area (Å²) in [5, 5.41) is 0. The van der Waals surface area contributed by atoms with Gasteiger partial charge in [-0.25, -0.2) is 0 Å². The fourth-order valence-corrected chi connectivity index (χ4v) is 0. The van der Waals surface area contributed by atoms with Crippen molar-refractivity contribution in [3.8, 4) is 3.93 Å². The standard InChI is InChI=1S/C3H3I/c1-3-4-2/h2H3/q-2/i1-1. The molecule has 0 atom stereocenters. The van der Waals surface area contributed by atoms with E-state index in [2.05, 4.69) is 3.93 Å². The molecule has 0 aliphatic heterocycles. The molecule has 0 unspecified atom stereocenters. The molecule has 4 heavy (non-hydrogen) atoms. The first kappa shape index (κ1) is 4.29. The van der Waals surface area contributed by atoms with Crippen LogP contribution in [-0.4, -0.2) is 4.93 Å². The third-order valence-electron chi connectivity index (χ3n) is 0.0945. The second kappa shape index (κ2) is 3.29. The van der Waals surface area contributed by atoms with Gasteiger partial charge in [-0.05, 0) is 0 Å². The summed E-state index contributed by atoms with van der Waals surface area (Å²) in [6.07, 6.45) is 6.25. The molecule has 0 spiro atoms. The van der Waals surface area contributed by atoms with Crippen LogP contribution in [0, 0.1) is 10.4 Å². The Hall–Kier alpha value is 0.290. The minimum absolute atomic E-state index is 0.0272. The van der Waals surface area contributed by atoms with Gasteiger partial charge in [0.25, 0.3) is 0 Å². The molecule has 0 nitrogen and oxygen atoms in total. The van der Waals surface area contributed by atoms with E-state index in [1.54, 1.807) is 0 Å². The molecule has 0 heterocycles. The van der Waals surface area contributed by atoms with Gasteiger partial charge in [0.1, 0.15) is 0 Å². The van der Waals surface area contributed by atoms with Crippen LogP contribution < -0.4 is 21.2 Å². The Bertz CT molecular complexity index is 33.0. The molecule has 0 aromatic heterocycles. The Balaban J connectivity index is 2.43. The van der Waals surface area contributed by atoms with Crippen LogP contribution in [0.2, 0.25) is 0 Å². The number of hydrogen-bond acceptors (Lipinski definition) is 0. The van der Waals surface area contributed by atoms with Crippen LogP contribution in [0.5, 0.6) is 0 Å². The molecule has 0 aliphatic rings. The topological polar surface area (TPSA) is 0 Å². The van der Waals surface area contributed by atoms with Crippen molar-refractivity contribution in [2.75, 3.05) is 4.93 Å². The van der Waals surface area contributed by atoms with Crippen LogP contribution in [0.1, 0.15) is 0 Å². The van der Waals surface area contributed by atoms with Crippen molar-refractivity contribution >= 4 is 0 Å². The average Bonchev–Trinajstić information content (AvgIpc) is 1.37. The van der Waals surface area contributed by atoms with Crippen molar-refractivity contribution in [1.29, 1.82) is 0 Å². The Morgan fingerprint density at radius 1 is 2.00 bits per heavy atom. The minimum atomic E-state index is 0.0272. The molecule has 0 fully saturated rings. The Morgan fingerprint density at radius 2 is 2.25 bits per heavy atom. The van der Waals surface area contributed by atoms with Crippen LogP contribution in [0.25, 0.3) is 0 Å². The van der Waals surface area contributed by atoms with Crippen molar-refractivity contribution < 1.29 is 21.2 Å². The molecular weight excluding hydrogens is 162 g/mol. The van der Waals surface area contributed by atoms with E-state index in [1.165, 1.54) is 0 Å². The number of alkyl halides is 1. The fourth-order valence-electron chi connectivity index (χ4n) is 0. The van der Waals surface area contributed by atoms with E-state index in [9.17, 15) is 0 Å². The van der Waals surface area contributed by atoms with E-state index < -0.39 is 0 Å². The summed E-state index contributed by atoms with van der Waals surface area (Å²) in [4.78, 5) is 1.99. The monoisotopic (exact) mass is 165 g/mol. The summed E-state index contributed by atoms with van der Waals surface area (Å²) in [5.41, 5.74) is 0. The first-order valence-corrected chi connectivity index (χ1v) is 4.05. The molecule has 0 aliphatic carbocycles. The van der Waals surface area contributed by atoms with Crippen molar-refractivity contribution in [1.82, 2.24) is 0 Å². The van der Waals surface area contributed by atoms with Crippen molar-refractivity contribution in [2.24, 2.45) is 0 Å². The second-order valence-corrected chi connectivity index (χ2v) is 1.90. The molecule has 0 bridgehead atoms. The summed E-state index contributed by atoms with van der Waals surface area (Å²) < 4.78 is 2.29. The molecule has 0 N–H and O–H groups in total. The van der Waals surface area contributed by atoms with Crippen LogP contribution in [0.15, 0.2) is 0 Å². The van der Waals surface area contributed by atoms with Gasteiger partial charge in [0, 0.05) is 0 Å². The van der Waals surface area contributed by atoms with E-state index in [-0.39, 0.29) is 21.2 Å². The summed E-state index contributed by atoms with van der Waals surface area (Å²) in [7, 11) is 0. The second-order valence-electron chi connectivity index (χ2n) is 0.283. The van der Waals surface area contributed by atoms with E-state index in [0.29, 0.717) is 0 Å². The van der Waals surface area contributed by atoms with Crippen molar-refractivity contribution in [2.45, 2.75) is 0 Å². The summed E-state index contributed by atoms with van der Waals surface area (Å²) in [6.45, 7) is 0. The van der Waals surface area contributed by atoms with E-state index in [4.69, 9.17) is 6.42 Å². The summed E-state index contributed by atoms with van der Waals surface area (Å²) in [5.74, 6) is 0. The molecule has 0 aromatic rings. The average molecular weight is 165 g/mol. The van der Waals surface area contributed by atoms with Gasteiger partial charge in [0.15, 0.2) is 0 Å². The van der Waals surface area contributed by atoms with Crippen LogP contribution in [0.4, 0.5) is 0 Å². The normalized spacial score (nSPS) is 6.00. The third-order valence-corrected chi connectivity index (χ3v) is 0.634. The van der Waals surface area contributed by atoms with Gasteiger partial charge in [0.05, 0.1) is 0 Å². The zero-order valence-corrected chi connectivity index (χ0v) is 4.54. The van der Waals surface area contributed by atoms with Crippen LogP contribution in [0.3, 0.4) is 0 Å². The molecule has 0 saturated carbocycles. The maximum atomic E-state index is 6.25. The van der Waals surface area contributed by atoms with Gasteiger partial charge in [-0.3, -0.25) is 0 Å². The van der Waals surface area contributed by atoms with Gasteiger partial charge < -0.3 is 0 Å². The fraction of sp³-hybridized carbons (Fsp3) is 0.333. The summed E-state index contributed by atoms with van der Waals surface area (Å²) >= 11 is 0.0272. The van der Waals surface area contributed by atoms with Crippen molar-refractivity contribution in [3.63, 3.8) is 0 Å². The molecule has 0 amide bonds. The third kappa shape index (κ3) is 2.29. The first-order chi connectivity index (χ1) is 1.91. The van der Waals surface area contributed by atoms with Gasteiger partial charge in [0.2, 0.25) is 0 Å². The number of halogens is 1. The molecule has 0 radical (unpaired) electrons. The van der Waals surface area contributed by atoms with Crippen LogP contribution >= 0.6 is 0 Å². The van der Waals surface area contributed by atoms with Gasteiger partial charge in [-0.1, -0.05) is 0 Å². The predicted molar refractivity (Wildman–Crippen MR) is 13.1 cm³/mol. The SMILES string of the molecule is C[I-]C#[11C-]. The van der Waals surface area contributed by atoms with E-state index in [0.717, 1.165) is 0 Å². The molecule has 1 heteroatoms. The first-order valence-electron chi connectivity index (χ1n) is 0.817. The zero-order valence-electron chi connectivity index (χ0n) is 2.38. The molecule has 24 valence electrons. The van der Waals surface area contributed by atoms with E-state index >= 15 is 0 Å². The summed E-state index contributed by atoms with van der Waals surface area (Å²) in [6, 6.07) is 0. The number of hydrogen-bond donors (Lipinski definition) is 0. The number of rotatable bonds is 0. The molecular formula is C3H3I-2. The zero-order chi connectivity index (χ0) is 3.41. The molecule has 0 rings (SSSR count). The Morgan fingerprint density at radius 3 is 2.25 bits per heavy atom. The Labute approximate surface area is 36.9 Å². The van der Waals surface area contributed by atoms with Crippen molar-refractivity contribution in [3.05, 3.63) is 6.42 Å². The molecule has 0 aromatic carbocycles. The van der Waals surface area contributed by atoms with Gasteiger partial charge >= 0.3 is 36.5 Å². The molecule has 0 saturated heterocycles. The Kier molecular flexibility index (Phi) is 3.53.